The number of fused-ring (bicyclic) bond motifs is 1. The van der Waals surface area contributed by atoms with Gasteiger partial charge in [-0.05, 0) is 37.1 Å². The predicted molar refractivity (Wildman–Crippen MR) is 80.8 cm³/mol. The summed E-state index contributed by atoms with van der Waals surface area (Å²) in [6.07, 6.45) is 1.70. The molecule has 6 heteroatoms. The number of rotatable bonds is 3. The SMILES string of the molecule is O=C(O)C1CCCN(Cc2cc3c(cc2Br)OCCO3)C1. The van der Waals surface area contributed by atoms with Gasteiger partial charge >= 0.3 is 5.97 Å². The lowest BCUT2D eigenvalue weighted by Crippen LogP contribution is -2.38. The zero-order valence-electron chi connectivity index (χ0n) is 11.7. The van der Waals surface area contributed by atoms with Crippen LogP contribution in [0, 0.1) is 5.92 Å². The monoisotopic (exact) mass is 355 g/mol. The molecule has 0 spiro atoms. The zero-order chi connectivity index (χ0) is 14.8. The molecular weight excluding hydrogens is 338 g/mol. The molecule has 0 amide bonds. The van der Waals surface area contributed by atoms with E-state index in [0.717, 1.165) is 47.5 Å². The van der Waals surface area contributed by atoms with Gasteiger partial charge in [0.25, 0.3) is 0 Å². The number of nitrogens with zero attached hydrogens (tertiary/aromatic N) is 1. The Kier molecular flexibility index (Phi) is 4.35. The van der Waals surface area contributed by atoms with Crippen molar-refractivity contribution in [2.24, 2.45) is 5.92 Å². The van der Waals surface area contributed by atoms with Crippen molar-refractivity contribution in [3.63, 3.8) is 0 Å². The number of carboxylic acid groups (broad SMARTS) is 1. The van der Waals surface area contributed by atoms with Gasteiger partial charge in [-0.1, -0.05) is 15.9 Å². The Morgan fingerprint density at radius 2 is 2.05 bits per heavy atom. The highest BCUT2D eigenvalue weighted by Gasteiger charge is 2.26. The Balaban J connectivity index is 1.73. The van der Waals surface area contributed by atoms with Crippen LogP contribution in [0.25, 0.3) is 0 Å². The Morgan fingerprint density at radius 1 is 1.33 bits per heavy atom. The van der Waals surface area contributed by atoms with Crippen molar-refractivity contribution in [1.82, 2.24) is 4.90 Å². The fourth-order valence-corrected chi connectivity index (χ4v) is 3.32. The highest BCUT2D eigenvalue weighted by molar-refractivity contribution is 9.10. The summed E-state index contributed by atoms with van der Waals surface area (Å²) in [5, 5.41) is 9.16. The number of ether oxygens (including phenoxy) is 2. The predicted octanol–water partition coefficient (Wildman–Crippen LogP) is 2.52. The Labute approximate surface area is 132 Å². The van der Waals surface area contributed by atoms with Gasteiger partial charge in [0.1, 0.15) is 13.2 Å². The molecule has 1 N–H and O–H groups in total. The van der Waals surface area contributed by atoms with Crippen molar-refractivity contribution >= 4 is 21.9 Å². The molecular formula is C15H18BrNO4. The van der Waals surface area contributed by atoms with Crippen molar-refractivity contribution in [3.8, 4) is 11.5 Å². The van der Waals surface area contributed by atoms with E-state index >= 15 is 0 Å². The molecule has 21 heavy (non-hydrogen) atoms. The van der Waals surface area contributed by atoms with E-state index in [9.17, 15) is 4.79 Å². The van der Waals surface area contributed by atoms with E-state index in [0.29, 0.717) is 19.8 Å². The maximum Gasteiger partial charge on any atom is 0.307 e. The lowest BCUT2D eigenvalue weighted by Gasteiger charge is -2.31. The minimum absolute atomic E-state index is 0.255. The maximum absolute atomic E-state index is 11.1. The third kappa shape index (κ3) is 3.32. The van der Waals surface area contributed by atoms with E-state index < -0.39 is 5.97 Å². The Morgan fingerprint density at radius 3 is 2.76 bits per heavy atom. The topological polar surface area (TPSA) is 59.0 Å². The standard InChI is InChI=1S/C15H18BrNO4/c16-12-7-14-13(20-4-5-21-14)6-11(12)9-17-3-1-2-10(8-17)15(18)19/h6-7,10H,1-5,8-9H2,(H,18,19). The van der Waals surface area contributed by atoms with Gasteiger partial charge in [0.2, 0.25) is 0 Å². The first-order valence-electron chi connectivity index (χ1n) is 7.16. The average Bonchev–Trinajstić information content (AvgIpc) is 2.48. The van der Waals surface area contributed by atoms with Gasteiger partial charge < -0.3 is 14.6 Å². The van der Waals surface area contributed by atoms with E-state index in [4.69, 9.17) is 14.6 Å². The molecule has 0 aromatic heterocycles. The number of carbonyl (C=O) groups is 1. The van der Waals surface area contributed by atoms with Crippen LogP contribution in [0.2, 0.25) is 0 Å². The minimum atomic E-state index is -0.694. The van der Waals surface area contributed by atoms with E-state index in [1.165, 1.54) is 0 Å². The summed E-state index contributed by atoms with van der Waals surface area (Å²) in [5.74, 6) is 0.584. The van der Waals surface area contributed by atoms with E-state index in [1.54, 1.807) is 0 Å². The minimum Gasteiger partial charge on any atom is -0.486 e. The first kappa shape index (κ1) is 14.7. The van der Waals surface area contributed by atoms with Crippen LogP contribution in [-0.4, -0.2) is 42.3 Å². The maximum atomic E-state index is 11.1. The second-order valence-corrected chi connectivity index (χ2v) is 6.35. The largest absolute Gasteiger partial charge is 0.486 e. The fourth-order valence-electron chi connectivity index (χ4n) is 2.87. The second-order valence-electron chi connectivity index (χ2n) is 5.50. The molecule has 0 bridgehead atoms. The fraction of sp³-hybridized carbons (Fsp3) is 0.533. The van der Waals surface area contributed by atoms with Crippen molar-refractivity contribution in [2.45, 2.75) is 19.4 Å². The third-order valence-electron chi connectivity index (χ3n) is 3.96. The Hall–Kier alpha value is -1.27. The first-order chi connectivity index (χ1) is 10.1. The highest BCUT2D eigenvalue weighted by atomic mass is 79.9. The Bertz CT molecular complexity index is 549. The molecule has 1 unspecified atom stereocenters. The molecule has 2 aliphatic rings. The van der Waals surface area contributed by atoms with Crippen molar-refractivity contribution < 1.29 is 19.4 Å². The first-order valence-corrected chi connectivity index (χ1v) is 7.96. The quantitative estimate of drug-likeness (QED) is 0.902. The number of hydrogen-bond acceptors (Lipinski definition) is 4. The van der Waals surface area contributed by atoms with Gasteiger partial charge in [-0.25, -0.2) is 0 Å². The van der Waals surface area contributed by atoms with Gasteiger partial charge in [0, 0.05) is 17.6 Å². The van der Waals surface area contributed by atoms with Crippen LogP contribution in [-0.2, 0) is 11.3 Å². The molecule has 1 saturated heterocycles. The number of halogens is 1. The van der Waals surface area contributed by atoms with E-state index in [-0.39, 0.29) is 5.92 Å². The lowest BCUT2D eigenvalue weighted by molar-refractivity contribution is -0.143. The normalized spacial score (nSPS) is 22.0. The summed E-state index contributed by atoms with van der Waals surface area (Å²) in [7, 11) is 0. The molecule has 1 aromatic carbocycles. The van der Waals surface area contributed by atoms with Gasteiger partial charge in [-0.2, -0.15) is 0 Å². The molecule has 5 nitrogen and oxygen atoms in total. The second kappa shape index (κ2) is 6.23. The molecule has 0 saturated carbocycles. The molecule has 0 radical (unpaired) electrons. The smallest absolute Gasteiger partial charge is 0.307 e. The van der Waals surface area contributed by atoms with Crippen molar-refractivity contribution in [1.29, 1.82) is 0 Å². The number of piperidine rings is 1. The molecule has 1 atom stereocenters. The number of aliphatic carboxylic acids is 1. The van der Waals surface area contributed by atoms with E-state index in [2.05, 4.69) is 20.8 Å². The van der Waals surface area contributed by atoms with Crippen molar-refractivity contribution in [3.05, 3.63) is 22.2 Å². The summed E-state index contributed by atoms with van der Waals surface area (Å²) >= 11 is 3.57. The van der Waals surface area contributed by atoms with Gasteiger partial charge in [0.15, 0.2) is 11.5 Å². The third-order valence-corrected chi connectivity index (χ3v) is 4.70. The summed E-state index contributed by atoms with van der Waals surface area (Å²) in [4.78, 5) is 13.3. The van der Waals surface area contributed by atoms with Gasteiger partial charge in [-0.15, -0.1) is 0 Å². The summed E-state index contributed by atoms with van der Waals surface area (Å²) in [6.45, 7) is 3.41. The summed E-state index contributed by atoms with van der Waals surface area (Å²) < 4.78 is 12.1. The molecule has 2 aliphatic heterocycles. The summed E-state index contributed by atoms with van der Waals surface area (Å²) in [6, 6.07) is 3.92. The molecule has 2 heterocycles. The van der Waals surface area contributed by atoms with Crippen LogP contribution in [0.4, 0.5) is 0 Å². The molecule has 114 valence electrons. The van der Waals surface area contributed by atoms with Crippen LogP contribution < -0.4 is 9.47 Å². The van der Waals surface area contributed by atoms with Gasteiger partial charge in [0.05, 0.1) is 5.92 Å². The molecule has 1 aromatic rings. The van der Waals surface area contributed by atoms with Crippen LogP contribution >= 0.6 is 15.9 Å². The van der Waals surface area contributed by atoms with Crippen LogP contribution in [0.1, 0.15) is 18.4 Å². The van der Waals surface area contributed by atoms with Crippen LogP contribution in [0.5, 0.6) is 11.5 Å². The van der Waals surface area contributed by atoms with Gasteiger partial charge in [-0.3, -0.25) is 9.69 Å². The van der Waals surface area contributed by atoms with Crippen LogP contribution in [0.3, 0.4) is 0 Å². The van der Waals surface area contributed by atoms with E-state index in [1.807, 2.05) is 12.1 Å². The number of carboxylic acids is 1. The zero-order valence-corrected chi connectivity index (χ0v) is 13.3. The molecule has 0 aliphatic carbocycles. The molecule has 1 fully saturated rings. The average molecular weight is 356 g/mol. The number of likely N-dealkylation sites (tertiary alicyclic amines) is 1. The van der Waals surface area contributed by atoms with Crippen LogP contribution in [0.15, 0.2) is 16.6 Å². The number of hydrogen-bond donors (Lipinski definition) is 1. The summed E-state index contributed by atoms with van der Waals surface area (Å²) in [5.41, 5.74) is 1.10. The lowest BCUT2D eigenvalue weighted by atomic mass is 9.98. The highest BCUT2D eigenvalue weighted by Crippen LogP contribution is 2.36. The number of benzene rings is 1. The van der Waals surface area contributed by atoms with Crippen molar-refractivity contribution in [2.75, 3.05) is 26.3 Å². The molecule has 3 rings (SSSR count).